The second-order valence-corrected chi connectivity index (χ2v) is 6.29. The van der Waals surface area contributed by atoms with Gasteiger partial charge in [0.2, 0.25) is 0 Å². The van der Waals surface area contributed by atoms with E-state index < -0.39 is 0 Å². The lowest BCUT2D eigenvalue weighted by atomic mass is 10.1. The van der Waals surface area contributed by atoms with E-state index >= 15 is 0 Å². The van der Waals surface area contributed by atoms with E-state index in [1.165, 1.54) is 36.4 Å². The van der Waals surface area contributed by atoms with Crippen molar-refractivity contribution in [1.29, 1.82) is 0 Å². The lowest BCUT2D eigenvalue weighted by Gasteiger charge is -2.12. The summed E-state index contributed by atoms with van der Waals surface area (Å²) in [6.07, 6.45) is 0.0662. The van der Waals surface area contributed by atoms with Gasteiger partial charge in [0.15, 0.2) is 11.5 Å². The molecule has 7 nitrogen and oxygen atoms in total. The number of Topliss-reactive ketones (excluding diaryl/α,β-unsaturated/α-hetero) is 1. The van der Waals surface area contributed by atoms with E-state index in [0.29, 0.717) is 22.6 Å². The van der Waals surface area contributed by atoms with Crippen LogP contribution in [0.3, 0.4) is 0 Å². The Balaban J connectivity index is 1.61. The molecule has 0 radical (unpaired) electrons. The smallest absolute Gasteiger partial charge is 0.251 e. The topological polar surface area (TPSA) is 122 Å². The predicted octanol–water partition coefficient (Wildman–Crippen LogP) is 3.48. The highest BCUT2D eigenvalue weighted by Gasteiger charge is 2.14. The Morgan fingerprint density at radius 3 is 2.17 bits per heavy atom. The molecular formula is C22H20N2O5. The molecule has 0 spiro atoms. The summed E-state index contributed by atoms with van der Waals surface area (Å²) in [5, 5.41) is 21.3. The van der Waals surface area contributed by atoms with Crippen LogP contribution in [0.5, 0.6) is 23.0 Å². The van der Waals surface area contributed by atoms with Gasteiger partial charge in [-0.1, -0.05) is 6.07 Å². The average Bonchev–Trinajstić information content (AvgIpc) is 2.71. The Morgan fingerprint density at radius 1 is 0.897 bits per heavy atom. The molecule has 0 aliphatic rings. The molecule has 0 heterocycles. The van der Waals surface area contributed by atoms with Crippen LogP contribution in [0.2, 0.25) is 0 Å². The van der Waals surface area contributed by atoms with Crippen molar-refractivity contribution in [3.8, 4) is 23.0 Å². The van der Waals surface area contributed by atoms with Gasteiger partial charge < -0.3 is 26.0 Å². The molecule has 3 aromatic carbocycles. The van der Waals surface area contributed by atoms with Gasteiger partial charge in [-0.3, -0.25) is 9.59 Å². The summed E-state index contributed by atoms with van der Waals surface area (Å²) in [6.45, 7) is 0.140. The minimum atomic E-state index is -0.338. The predicted molar refractivity (Wildman–Crippen MR) is 108 cm³/mol. The molecule has 0 saturated carbocycles. The number of rotatable bonds is 7. The van der Waals surface area contributed by atoms with Crippen LogP contribution < -0.4 is 15.8 Å². The first-order chi connectivity index (χ1) is 13.9. The Morgan fingerprint density at radius 2 is 1.52 bits per heavy atom. The normalized spacial score (nSPS) is 10.3. The number of carbonyl (C=O) groups excluding carboxylic acids is 2. The van der Waals surface area contributed by atoms with E-state index in [1.807, 2.05) is 0 Å². The molecule has 0 saturated heterocycles. The van der Waals surface area contributed by atoms with E-state index in [1.54, 1.807) is 30.3 Å². The van der Waals surface area contributed by atoms with Crippen LogP contribution in [0.15, 0.2) is 66.7 Å². The minimum absolute atomic E-state index is 0.0662. The quantitative estimate of drug-likeness (QED) is 0.361. The van der Waals surface area contributed by atoms with Crippen LogP contribution in [0, 0.1) is 0 Å². The summed E-state index contributed by atoms with van der Waals surface area (Å²) in [4.78, 5) is 24.6. The van der Waals surface area contributed by atoms with Crippen LogP contribution in [0.1, 0.15) is 27.1 Å². The molecule has 3 rings (SSSR count). The number of ketones is 1. The van der Waals surface area contributed by atoms with Gasteiger partial charge in [-0.05, 0) is 60.7 Å². The standard InChI is InChI=1S/C22H20N2O5/c23-21-18(2-1-3-20(21)29-17-10-8-16(26)9-11-17)19(27)12-13-24-22(28)14-4-6-15(25)7-5-14/h1-11,25-26H,12-13,23H2,(H,24,28). The van der Waals surface area contributed by atoms with Crippen molar-refractivity contribution >= 4 is 17.4 Å². The second-order valence-electron chi connectivity index (χ2n) is 6.29. The maximum absolute atomic E-state index is 12.5. The molecule has 0 fully saturated rings. The zero-order chi connectivity index (χ0) is 20.8. The van der Waals surface area contributed by atoms with E-state index in [0.717, 1.165) is 0 Å². The third-order valence-corrected chi connectivity index (χ3v) is 4.20. The summed E-state index contributed by atoms with van der Waals surface area (Å²) in [7, 11) is 0. The summed E-state index contributed by atoms with van der Waals surface area (Å²) >= 11 is 0. The zero-order valence-corrected chi connectivity index (χ0v) is 15.5. The third-order valence-electron chi connectivity index (χ3n) is 4.20. The monoisotopic (exact) mass is 392 g/mol. The molecule has 0 aromatic heterocycles. The lowest BCUT2D eigenvalue weighted by molar-refractivity contribution is 0.0940. The SMILES string of the molecule is Nc1c(Oc2ccc(O)cc2)cccc1C(=O)CCNC(=O)c1ccc(O)cc1. The number of benzene rings is 3. The molecule has 0 aliphatic heterocycles. The number of hydrogen-bond acceptors (Lipinski definition) is 6. The summed E-state index contributed by atoms with van der Waals surface area (Å²) in [5.41, 5.74) is 6.99. The van der Waals surface area contributed by atoms with Crippen molar-refractivity contribution in [1.82, 2.24) is 5.32 Å². The molecule has 148 valence electrons. The third kappa shape index (κ3) is 5.04. The van der Waals surface area contributed by atoms with Gasteiger partial charge in [0, 0.05) is 24.1 Å². The number of phenols is 2. The molecule has 7 heteroatoms. The molecule has 0 aliphatic carbocycles. The number of aromatic hydroxyl groups is 2. The summed E-state index contributed by atoms with van der Waals surface area (Å²) < 4.78 is 5.69. The number of amides is 1. The second kappa shape index (κ2) is 8.79. The van der Waals surface area contributed by atoms with Gasteiger partial charge in [0.25, 0.3) is 5.91 Å². The Bertz CT molecular complexity index is 1010. The van der Waals surface area contributed by atoms with E-state index in [9.17, 15) is 19.8 Å². The molecule has 3 aromatic rings. The minimum Gasteiger partial charge on any atom is -0.508 e. The van der Waals surface area contributed by atoms with Crippen LogP contribution in [-0.2, 0) is 0 Å². The number of nitrogens with two attached hydrogens (primary N) is 1. The van der Waals surface area contributed by atoms with Crippen molar-refractivity contribution < 1.29 is 24.5 Å². The van der Waals surface area contributed by atoms with E-state index in [4.69, 9.17) is 10.5 Å². The Labute approximate surface area is 167 Å². The number of carbonyl (C=O) groups is 2. The average molecular weight is 392 g/mol. The zero-order valence-electron chi connectivity index (χ0n) is 15.5. The van der Waals surface area contributed by atoms with Crippen LogP contribution in [0.4, 0.5) is 5.69 Å². The number of para-hydroxylation sites is 1. The molecule has 29 heavy (non-hydrogen) atoms. The summed E-state index contributed by atoms with van der Waals surface area (Å²) in [5.74, 6) is 0.417. The van der Waals surface area contributed by atoms with E-state index in [-0.39, 0.29) is 41.8 Å². The highest BCUT2D eigenvalue weighted by molar-refractivity contribution is 6.02. The fourth-order valence-electron chi connectivity index (χ4n) is 2.66. The number of ether oxygens (including phenoxy) is 1. The van der Waals surface area contributed by atoms with Crippen molar-refractivity contribution in [2.45, 2.75) is 6.42 Å². The van der Waals surface area contributed by atoms with Gasteiger partial charge in [-0.15, -0.1) is 0 Å². The van der Waals surface area contributed by atoms with Crippen LogP contribution in [0.25, 0.3) is 0 Å². The van der Waals surface area contributed by atoms with E-state index in [2.05, 4.69) is 5.32 Å². The Kier molecular flexibility index (Phi) is 5.99. The van der Waals surface area contributed by atoms with Gasteiger partial charge in [0.1, 0.15) is 17.2 Å². The molecule has 1 amide bonds. The van der Waals surface area contributed by atoms with Gasteiger partial charge in [-0.25, -0.2) is 0 Å². The molecule has 5 N–H and O–H groups in total. The van der Waals surface area contributed by atoms with Gasteiger partial charge in [0.05, 0.1) is 5.69 Å². The first-order valence-electron chi connectivity index (χ1n) is 8.90. The first-order valence-corrected chi connectivity index (χ1v) is 8.90. The summed E-state index contributed by atoms with van der Waals surface area (Å²) in [6, 6.07) is 16.9. The van der Waals surface area contributed by atoms with Crippen LogP contribution >= 0.6 is 0 Å². The number of hydrogen-bond donors (Lipinski definition) is 4. The van der Waals surface area contributed by atoms with Crippen molar-refractivity contribution in [2.24, 2.45) is 0 Å². The molecule has 0 bridgehead atoms. The Hall–Kier alpha value is -4.00. The first kappa shape index (κ1) is 19.8. The number of anilines is 1. The molecule has 0 unspecified atom stereocenters. The highest BCUT2D eigenvalue weighted by atomic mass is 16.5. The van der Waals surface area contributed by atoms with Crippen molar-refractivity contribution in [2.75, 3.05) is 12.3 Å². The fourth-order valence-corrected chi connectivity index (χ4v) is 2.66. The highest BCUT2D eigenvalue weighted by Crippen LogP contribution is 2.31. The lowest BCUT2D eigenvalue weighted by Crippen LogP contribution is -2.26. The number of phenolic OH excluding ortho intramolecular Hbond substituents is 2. The van der Waals surface area contributed by atoms with Crippen molar-refractivity contribution in [3.63, 3.8) is 0 Å². The van der Waals surface area contributed by atoms with Crippen molar-refractivity contribution in [3.05, 3.63) is 77.9 Å². The molecular weight excluding hydrogens is 372 g/mol. The maximum atomic E-state index is 12.5. The largest absolute Gasteiger partial charge is 0.508 e. The maximum Gasteiger partial charge on any atom is 0.251 e. The van der Waals surface area contributed by atoms with Crippen LogP contribution in [-0.4, -0.2) is 28.4 Å². The van der Waals surface area contributed by atoms with Gasteiger partial charge >= 0.3 is 0 Å². The number of nitrogens with one attached hydrogen (secondary N) is 1. The molecule has 0 atom stereocenters. The fraction of sp³-hybridized carbons (Fsp3) is 0.0909. The number of nitrogen functional groups attached to an aromatic ring is 1. The van der Waals surface area contributed by atoms with Gasteiger partial charge in [-0.2, -0.15) is 0 Å².